The average Bonchev–Trinajstić information content (AvgIpc) is 3.08. The number of halogens is 3. The van der Waals surface area contributed by atoms with Crippen LogP contribution in [-0.2, 0) is 28.0 Å². The average molecular weight is 504 g/mol. The van der Waals surface area contributed by atoms with Gasteiger partial charge in [0.05, 0.1) is 17.7 Å². The van der Waals surface area contributed by atoms with Crippen molar-refractivity contribution >= 4 is 17.5 Å². The molecular weight excluding hydrogens is 479 g/mol. The van der Waals surface area contributed by atoms with Gasteiger partial charge in [-0.05, 0) is 41.7 Å². The lowest BCUT2D eigenvalue weighted by Crippen LogP contribution is -2.44. The number of nitrogens with zero attached hydrogens (tertiary/aromatic N) is 3. The van der Waals surface area contributed by atoms with Crippen molar-refractivity contribution in [3.63, 3.8) is 0 Å². The predicted octanol–water partition coefficient (Wildman–Crippen LogP) is 5.49. The summed E-state index contributed by atoms with van der Waals surface area (Å²) >= 11 is 0. The van der Waals surface area contributed by atoms with Crippen LogP contribution >= 0.6 is 0 Å². The molecule has 2 amide bonds. The van der Waals surface area contributed by atoms with Gasteiger partial charge in [-0.25, -0.2) is 0 Å². The number of imide groups is 1. The van der Waals surface area contributed by atoms with E-state index in [4.69, 9.17) is 0 Å². The lowest BCUT2D eigenvalue weighted by Gasteiger charge is -2.31. The van der Waals surface area contributed by atoms with Crippen LogP contribution in [0.15, 0.2) is 83.1 Å². The Balaban J connectivity index is 1.66. The van der Waals surface area contributed by atoms with Crippen LogP contribution in [0.4, 0.5) is 18.9 Å². The summed E-state index contributed by atoms with van der Waals surface area (Å²) in [5, 5.41) is 9.56. The normalized spacial score (nSPS) is 21.1. The van der Waals surface area contributed by atoms with Gasteiger partial charge in [-0.1, -0.05) is 62.4 Å². The number of allylic oxidation sites excluding steroid dienone is 3. The zero-order chi connectivity index (χ0) is 26.5. The molecule has 0 fully saturated rings. The summed E-state index contributed by atoms with van der Waals surface area (Å²) < 4.78 is 42.6. The van der Waals surface area contributed by atoms with E-state index in [1.807, 2.05) is 26.0 Å². The lowest BCUT2D eigenvalue weighted by molar-refractivity contribution is -0.144. The van der Waals surface area contributed by atoms with E-state index in [0.29, 0.717) is 17.0 Å². The molecule has 0 bridgehead atoms. The summed E-state index contributed by atoms with van der Waals surface area (Å²) in [4.78, 5) is 29.1. The molecule has 2 aromatic rings. The van der Waals surface area contributed by atoms with Crippen molar-refractivity contribution in [2.75, 3.05) is 11.4 Å². The molecule has 5 rings (SSSR count). The standard InChI is InChI=1S/C29H24F3N3O2/c1-28(2)22-12-6-10-19-11-7-15-34(25(19)22)23(28)14-13-20-24(29(30,31)32)21(16-33)27(37)35(26(20)36)17-18-8-4-3-5-9-18/h3-6,8-10,12-14H,7,11,15,17H2,1-2H3/b20-13-,23-14+. The minimum absolute atomic E-state index is 0.241. The monoisotopic (exact) mass is 503 g/mol. The Morgan fingerprint density at radius 1 is 1.03 bits per heavy atom. The van der Waals surface area contributed by atoms with Crippen LogP contribution in [0.1, 0.15) is 37.0 Å². The largest absolute Gasteiger partial charge is 0.418 e. The highest BCUT2D eigenvalue weighted by Gasteiger charge is 2.49. The number of nitriles is 1. The van der Waals surface area contributed by atoms with E-state index in [0.717, 1.165) is 35.9 Å². The van der Waals surface area contributed by atoms with Gasteiger partial charge in [0.15, 0.2) is 0 Å². The molecule has 0 radical (unpaired) electrons. The Labute approximate surface area is 212 Å². The van der Waals surface area contributed by atoms with E-state index in [9.17, 15) is 28.0 Å². The topological polar surface area (TPSA) is 64.4 Å². The van der Waals surface area contributed by atoms with Crippen LogP contribution < -0.4 is 4.90 Å². The Morgan fingerprint density at radius 3 is 2.43 bits per heavy atom. The second-order valence-corrected chi connectivity index (χ2v) is 9.87. The molecule has 3 heterocycles. The minimum atomic E-state index is -5.06. The van der Waals surface area contributed by atoms with Gasteiger partial charge in [0.2, 0.25) is 0 Å². The number of alkyl halides is 3. The first-order valence-electron chi connectivity index (χ1n) is 12.0. The molecule has 3 aliphatic rings. The highest BCUT2D eigenvalue weighted by atomic mass is 19.4. The zero-order valence-corrected chi connectivity index (χ0v) is 20.4. The van der Waals surface area contributed by atoms with Gasteiger partial charge < -0.3 is 4.90 Å². The summed E-state index contributed by atoms with van der Waals surface area (Å²) in [5.74, 6) is -2.33. The molecule has 2 aromatic carbocycles. The smallest absolute Gasteiger partial charge is 0.344 e. The first kappa shape index (κ1) is 24.6. The van der Waals surface area contributed by atoms with Crippen molar-refractivity contribution in [1.82, 2.24) is 4.90 Å². The molecule has 0 N–H and O–H groups in total. The maximum Gasteiger partial charge on any atom is 0.418 e. The van der Waals surface area contributed by atoms with Crippen LogP contribution in [0.5, 0.6) is 0 Å². The number of rotatable bonds is 3. The number of aryl methyl sites for hydroxylation is 1. The van der Waals surface area contributed by atoms with Crippen molar-refractivity contribution in [1.29, 1.82) is 5.26 Å². The fourth-order valence-corrected chi connectivity index (χ4v) is 5.52. The lowest BCUT2D eigenvalue weighted by atomic mass is 9.82. The third-order valence-corrected chi connectivity index (χ3v) is 7.26. The Bertz CT molecular complexity index is 1440. The van der Waals surface area contributed by atoms with Crippen molar-refractivity contribution in [2.24, 2.45) is 0 Å². The van der Waals surface area contributed by atoms with E-state index >= 15 is 0 Å². The fourth-order valence-electron chi connectivity index (χ4n) is 5.52. The highest BCUT2D eigenvalue weighted by molar-refractivity contribution is 6.18. The van der Waals surface area contributed by atoms with Gasteiger partial charge in [0.1, 0.15) is 11.6 Å². The van der Waals surface area contributed by atoms with E-state index in [1.54, 1.807) is 36.4 Å². The maximum atomic E-state index is 14.2. The van der Waals surface area contributed by atoms with Crippen LogP contribution in [0.2, 0.25) is 0 Å². The molecule has 37 heavy (non-hydrogen) atoms. The van der Waals surface area contributed by atoms with Gasteiger partial charge in [-0.15, -0.1) is 0 Å². The van der Waals surface area contributed by atoms with Crippen molar-refractivity contribution in [3.8, 4) is 6.07 Å². The summed E-state index contributed by atoms with van der Waals surface area (Å²) in [5.41, 5.74) is 0.868. The van der Waals surface area contributed by atoms with Crippen LogP contribution in [0.3, 0.4) is 0 Å². The number of benzene rings is 2. The molecule has 8 heteroatoms. The van der Waals surface area contributed by atoms with Gasteiger partial charge in [-0.2, -0.15) is 18.4 Å². The Hall–Kier alpha value is -4.12. The molecule has 0 unspecified atom stereocenters. The van der Waals surface area contributed by atoms with E-state index < -0.39 is 40.1 Å². The molecule has 0 spiro atoms. The van der Waals surface area contributed by atoms with Crippen molar-refractivity contribution < 1.29 is 22.8 Å². The number of hydrogen-bond donors (Lipinski definition) is 0. The third-order valence-electron chi connectivity index (χ3n) is 7.26. The Kier molecular flexibility index (Phi) is 5.82. The van der Waals surface area contributed by atoms with Gasteiger partial charge in [0.25, 0.3) is 11.8 Å². The molecule has 0 aromatic heterocycles. The zero-order valence-electron chi connectivity index (χ0n) is 20.4. The first-order chi connectivity index (χ1) is 17.6. The van der Waals surface area contributed by atoms with Gasteiger partial charge >= 0.3 is 6.18 Å². The maximum absolute atomic E-state index is 14.2. The van der Waals surface area contributed by atoms with E-state index in [-0.39, 0.29) is 6.54 Å². The molecule has 0 saturated heterocycles. The number of para-hydroxylation sites is 1. The van der Waals surface area contributed by atoms with Gasteiger partial charge in [-0.3, -0.25) is 14.5 Å². The number of amides is 2. The quantitative estimate of drug-likeness (QED) is 0.410. The summed E-state index contributed by atoms with van der Waals surface area (Å²) in [6, 6.07) is 15.9. The van der Waals surface area contributed by atoms with Crippen molar-refractivity contribution in [2.45, 2.75) is 44.8 Å². The predicted molar refractivity (Wildman–Crippen MR) is 132 cm³/mol. The van der Waals surface area contributed by atoms with Crippen LogP contribution in [0, 0.1) is 11.3 Å². The molecule has 3 aliphatic heterocycles. The molecule has 5 nitrogen and oxygen atoms in total. The molecule has 0 saturated carbocycles. The number of hydrogen-bond acceptors (Lipinski definition) is 4. The van der Waals surface area contributed by atoms with Crippen molar-refractivity contribution in [3.05, 3.63) is 99.8 Å². The second kappa shape index (κ2) is 8.77. The molecular formula is C29H24F3N3O2. The summed E-state index contributed by atoms with van der Waals surface area (Å²) in [6.45, 7) is 4.47. The SMILES string of the molecule is CC1(C)/C(=C\C=C2/C(=O)N(Cc3ccccc3)C(=O)C(C#N)=C2C(F)(F)F)N2CCCc3cccc1c32. The first-order valence-corrected chi connectivity index (χ1v) is 12.0. The molecule has 188 valence electrons. The second-order valence-electron chi connectivity index (χ2n) is 9.87. The third kappa shape index (κ3) is 3.95. The van der Waals surface area contributed by atoms with Gasteiger partial charge in [0, 0.05) is 23.3 Å². The van der Waals surface area contributed by atoms with E-state index in [1.165, 1.54) is 11.6 Å². The van der Waals surface area contributed by atoms with Crippen LogP contribution in [-0.4, -0.2) is 29.4 Å². The number of carbonyl (C=O) groups is 2. The minimum Gasteiger partial charge on any atom is -0.344 e. The summed E-state index contributed by atoms with van der Waals surface area (Å²) in [6.07, 6.45) is -0.577. The Morgan fingerprint density at radius 2 is 1.76 bits per heavy atom. The number of anilines is 1. The molecule has 0 atom stereocenters. The van der Waals surface area contributed by atoms with Crippen LogP contribution in [0.25, 0.3) is 0 Å². The fraction of sp³-hybridized carbons (Fsp3) is 0.276. The molecule has 0 aliphatic carbocycles. The van der Waals surface area contributed by atoms with E-state index in [2.05, 4.69) is 11.0 Å². The highest BCUT2D eigenvalue weighted by Crippen LogP contribution is 2.51. The number of carbonyl (C=O) groups excluding carboxylic acids is 2. The summed E-state index contributed by atoms with van der Waals surface area (Å²) in [7, 11) is 0.